The highest BCUT2D eigenvalue weighted by Gasteiger charge is 2.28. The molecule has 7 heteroatoms. The first-order valence-electron chi connectivity index (χ1n) is 8.75. The number of thiazole rings is 1. The number of nitrogens with zero attached hydrogens (tertiary/aromatic N) is 2. The normalized spacial score (nSPS) is 17.1. The fourth-order valence-corrected chi connectivity index (χ4v) is 3.88. The van der Waals surface area contributed by atoms with E-state index >= 15 is 0 Å². The predicted molar refractivity (Wildman–Crippen MR) is 99.4 cm³/mol. The lowest BCUT2D eigenvalue weighted by atomic mass is 9.98. The van der Waals surface area contributed by atoms with Gasteiger partial charge in [-0.1, -0.05) is 0 Å². The zero-order chi connectivity index (χ0) is 18.5. The Morgan fingerprint density at radius 3 is 2.81 bits per heavy atom. The summed E-state index contributed by atoms with van der Waals surface area (Å²) in [6.07, 6.45) is 1.58. The molecule has 0 bridgehead atoms. The van der Waals surface area contributed by atoms with Crippen LogP contribution in [-0.4, -0.2) is 46.6 Å². The molecule has 1 atom stereocenters. The standard InChI is InChI=1S/C19H22N2O4S/c1-2-25-16-7-5-13(6-8-16)18-20-15(12-26-18)10-17(22)21-9-3-4-14(11-21)19(23)24/h5-8,12,14H,2-4,9-11H2,1H3,(H,23,24)/t14-/m0/s1. The van der Waals surface area contributed by atoms with Gasteiger partial charge in [0, 0.05) is 24.0 Å². The van der Waals surface area contributed by atoms with Gasteiger partial charge in [-0.3, -0.25) is 9.59 Å². The average molecular weight is 374 g/mol. The van der Waals surface area contributed by atoms with Crippen molar-refractivity contribution in [2.75, 3.05) is 19.7 Å². The third-order valence-corrected chi connectivity index (χ3v) is 5.36. The number of carboxylic acid groups (broad SMARTS) is 1. The molecule has 6 nitrogen and oxygen atoms in total. The van der Waals surface area contributed by atoms with E-state index in [1.807, 2.05) is 36.6 Å². The number of amides is 1. The van der Waals surface area contributed by atoms with Crippen molar-refractivity contribution in [3.05, 3.63) is 35.3 Å². The third-order valence-electron chi connectivity index (χ3n) is 4.42. The van der Waals surface area contributed by atoms with Crippen LogP contribution in [0.1, 0.15) is 25.5 Å². The van der Waals surface area contributed by atoms with Crippen LogP contribution in [-0.2, 0) is 16.0 Å². The minimum Gasteiger partial charge on any atom is -0.494 e. The van der Waals surface area contributed by atoms with Crippen molar-refractivity contribution in [3.8, 4) is 16.3 Å². The van der Waals surface area contributed by atoms with E-state index in [0.29, 0.717) is 26.1 Å². The van der Waals surface area contributed by atoms with Gasteiger partial charge >= 0.3 is 5.97 Å². The Kier molecular flexibility index (Phi) is 5.88. The summed E-state index contributed by atoms with van der Waals surface area (Å²) in [5.41, 5.74) is 1.71. The van der Waals surface area contributed by atoms with Crippen molar-refractivity contribution < 1.29 is 19.4 Å². The third kappa shape index (κ3) is 4.40. The highest BCUT2D eigenvalue weighted by Crippen LogP contribution is 2.26. The van der Waals surface area contributed by atoms with Crippen molar-refractivity contribution >= 4 is 23.2 Å². The lowest BCUT2D eigenvalue weighted by Gasteiger charge is -2.30. The number of aliphatic carboxylic acids is 1. The SMILES string of the molecule is CCOc1ccc(-c2nc(CC(=O)N3CCC[C@H](C(=O)O)C3)cs2)cc1. The Hall–Kier alpha value is -2.41. The van der Waals surface area contributed by atoms with Crippen LogP contribution in [0.2, 0.25) is 0 Å². The second-order valence-electron chi connectivity index (χ2n) is 6.30. The molecule has 2 aromatic rings. The Balaban J connectivity index is 1.62. The van der Waals surface area contributed by atoms with Crippen LogP contribution in [0.4, 0.5) is 0 Å². The number of carboxylic acids is 1. The van der Waals surface area contributed by atoms with Crippen molar-refractivity contribution in [1.82, 2.24) is 9.88 Å². The van der Waals surface area contributed by atoms with Crippen LogP contribution >= 0.6 is 11.3 Å². The van der Waals surface area contributed by atoms with Crippen molar-refractivity contribution in [2.45, 2.75) is 26.2 Å². The molecule has 1 aliphatic rings. The quantitative estimate of drug-likeness (QED) is 0.840. The van der Waals surface area contributed by atoms with E-state index < -0.39 is 11.9 Å². The van der Waals surface area contributed by atoms with Gasteiger partial charge in [0.1, 0.15) is 10.8 Å². The molecule has 1 N–H and O–H groups in total. The minimum atomic E-state index is -0.825. The molecule has 0 radical (unpaired) electrons. The zero-order valence-electron chi connectivity index (χ0n) is 14.7. The number of hydrogen-bond acceptors (Lipinski definition) is 5. The van der Waals surface area contributed by atoms with E-state index in [9.17, 15) is 9.59 Å². The Morgan fingerprint density at radius 2 is 2.12 bits per heavy atom. The number of ether oxygens (including phenoxy) is 1. The van der Waals surface area contributed by atoms with Crippen LogP contribution < -0.4 is 4.74 Å². The first-order chi connectivity index (χ1) is 12.6. The maximum atomic E-state index is 12.5. The van der Waals surface area contributed by atoms with E-state index in [2.05, 4.69) is 4.98 Å². The van der Waals surface area contributed by atoms with Crippen LogP contribution in [0.5, 0.6) is 5.75 Å². The number of benzene rings is 1. The van der Waals surface area contributed by atoms with Crippen molar-refractivity contribution in [2.24, 2.45) is 5.92 Å². The zero-order valence-corrected chi connectivity index (χ0v) is 15.5. The fourth-order valence-electron chi connectivity index (χ4n) is 3.05. The number of carbonyl (C=O) groups is 2. The van der Waals surface area contributed by atoms with E-state index in [1.54, 1.807) is 4.90 Å². The molecule has 2 heterocycles. The van der Waals surface area contributed by atoms with Gasteiger partial charge in [-0.15, -0.1) is 11.3 Å². The van der Waals surface area contributed by atoms with E-state index in [4.69, 9.17) is 9.84 Å². The van der Waals surface area contributed by atoms with Gasteiger partial charge in [-0.2, -0.15) is 0 Å². The van der Waals surface area contributed by atoms with Gasteiger partial charge in [0.25, 0.3) is 0 Å². The summed E-state index contributed by atoms with van der Waals surface area (Å²) in [7, 11) is 0. The van der Waals surface area contributed by atoms with Crippen molar-refractivity contribution in [3.63, 3.8) is 0 Å². The van der Waals surface area contributed by atoms with Crippen molar-refractivity contribution in [1.29, 1.82) is 0 Å². The lowest BCUT2D eigenvalue weighted by molar-refractivity contribution is -0.145. The molecule has 138 valence electrons. The molecular formula is C19H22N2O4S. The summed E-state index contributed by atoms with van der Waals surface area (Å²) < 4.78 is 5.44. The Bertz CT molecular complexity index is 772. The Morgan fingerprint density at radius 1 is 1.35 bits per heavy atom. The van der Waals surface area contributed by atoms with Crippen LogP contribution in [0.3, 0.4) is 0 Å². The van der Waals surface area contributed by atoms with Gasteiger partial charge < -0.3 is 14.7 Å². The van der Waals surface area contributed by atoms with Gasteiger partial charge in [0.2, 0.25) is 5.91 Å². The fraction of sp³-hybridized carbons (Fsp3) is 0.421. The molecule has 1 aliphatic heterocycles. The highest BCUT2D eigenvalue weighted by molar-refractivity contribution is 7.13. The second-order valence-corrected chi connectivity index (χ2v) is 7.15. The summed E-state index contributed by atoms with van der Waals surface area (Å²) in [4.78, 5) is 29.8. The molecule has 1 aromatic carbocycles. The Labute approximate surface area is 156 Å². The van der Waals surface area contributed by atoms with E-state index in [-0.39, 0.29) is 12.3 Å². The largest absolute Gasteiger partial charge is 0.494 e. The topological polar surface area (TPSA) is 79.7 Å². The summed E-state index contributed by atoms with van der Waals surface area (Å²) in [6.45, 7) is 3.49. The molecular weight excluding hydrogens is 352 g/mol. The molecule has 1 aromatic heterocycles. The van der Waals surface area contributed by atoms with Gasteiger partial charge in [0.15, 0.2) is 0 Å². The van der Waals surface area contributed by atoms with Crippen LogP contribution in [0.25, 0.3) is 10.6 Å². The molecule has 1 amide bonds. The van der Waals surface area contributed by atoms with Gasteiger partial charge in [0.05, 0.1) is 24.6 Å². The minimum absolute atomic E-state index is 0.0560. The molecule has 0 spiro atoms. The van der Waals surface area contributed by atoms with Crippen LogP contribution in [0.15, 0.2) is 29.6 Å². The molecule has 0 unspecified atom stereocenters. The first kappa shape index (κ1) is 18.4. The van der Waals surface area contributed by atoms with E-state index in [0.717, 1.165) is 28.4 Å². The first-order valence-corrected chi connectivity index (χ1v) is 9.63. The number of hydrogen-bond donors (Lipinski definition) is 1. The monoisotopic (exact) mass is 374 g/mol. The molecule has 0 saturated carbocycles. The molecule has 3 rings (SSSR count). The number of rotatable bonds is 6. The number of piperidine rings is 1. The van der Waals surface area contributed by atoms with Crippen LogP contribution in [0, 0.1) is 5.92 Å². The number of likely N-dealkylation sites (tertiary alicyclic amines) is 1. The predicted octanol–water partition coefficient (Wildman–Crippen LogP) is 3.07. The average Bonchev–Trinajstić information content (AvgIpc) is 3.11. The number of carbonyl (C=O) groups excluding carboxylic acids is 1. The smallest absolute Gasteiger partial charge is 0.308 e. The van der Waals surface area contributed by atoms with Gasteiger partial charge in [-0.25, -0.2) is 4.98 Å². The van der Waals surface area contributed by atoms with Gasteiger partial charge in [-0.05, 0) is 44.0 Å². The number of aromatic nitrogens is 1. The summed E-state index contributed by atoms with van der Waals surface area (Å²) in [5.74, 6) is -0.516. The maximum absolute atomic E-state index is 12.5. The molecule has 1 saturated heterocycles. The summed E-state index contributed by atoms with van der Waals surface area (Å²) in [6, 6.07) is 7.73. The molecule has 1 fully saturated rings. The lowest BCUT2D eigenvalue weighted by Crippen LogP contribution is -2.43. The summed E-state index contributed by atoms with van der Waals surface area (Å²) >= 11 is 1.50. The second kappa shape index (κ2) is 8.31. The maximum Gasteiger partial charge on any atom is 0.308 e. The summed E-state index contributed by atoms with van der Waals surface area (Å²) in [5, 5.41) is 11.9. The highest BCUT2D eigenvalue weighted by atomic mass is 32.1. The molecule has 26 heavy (non-hydrogen) atoms. The molecule has 0 aliphatic carbocycles. The van der Waals surface area contributed by atoms with E-state index in [1.165, 1.54) is 11.3 Å².